The van der Waals surface area contributed by atoms with E-state index in [0.717, 1.165) is 54.2 Å². The maximum Gasteiger partial charge on any atom is 0.301 e. The van der Waals surface area contributed by atoms with Gasteiger partial charge in [-0.2, -0.15) is 4.98 Å². The van der Waals surface area contributed by atoms with Crippen LogP contribution in [-0.4, -0.2) is 58.2 Å². The lowest BCUT2D eigenvalue weighted by Gasteiger charge is -2.29. The van der Waals surface area contributed by atoms with Gasteiger partial charge in [-0.15, -0.1) is 0 Å². The van der Waals surface area contributed by atoms with Crippen LogP contribution in [0.3, 0.4) is 0 Å². The number of carbonyl (C=O) groups is 1. The summed E-state index contributed by atoms with van der Waals surface area (Å²) in [6.45, 7) is 0.605. The van der Waals surface area contributed by atoms with Crippen LogP contribution in [0.2, 0.25) is 0 Å². The molecule has 1 aromatic carbocycles. The van der Waals surface area contributed by atoms with Crippen LogP contribution in [0.1, 0.15) is 25.7 Å². The first-order valence-electron chi connectivity index (χ1n) is 11.6. The van der Waals surface area contributed by atoms with Crippen molar-refractivity contribution in [1.29, 1.82) is 0 Å². The Morgan fingerprint density at radius 2 is 1.91 bits per heavy atom. The summed E-state index contributed by atoms with van der Waals surface area (Å²) in [7, 11) is 3.96. The van der Waals surface area contributed by atoms with E-state index in [2.05, 4.69) is 15.6 Å². The molecule has 4 rings (SSSR count). The summed E-state index contributed by atoms with van der Waals surface area (Å²) in [5.74, 6) is 1.90. The molecule has 0 aliphatic heterocycles. The minimum atomic E-state index is -0.482. The first-order valence-corrected chi connectivity index (χ1v) is 12.6. The van der Waals surface area contributed by atoms with E-state index in [4.69, 9.17) is 9.97 Å². The molecule has 10 nitrogen and oxygen atoms in total. The molecule has 0 saturated heterocycles. The van der Waals surface area contributed by atoms with Crippen LogP contribution >= 0.6 is 11.8 Å². The molecule has 184 valence electrons. The second-order valence-electron chi connectivity index (χ2n) is 8.82. The molecule has 0 unspecified atom stereocenters. The topological polar surface area (TPSA) is 126 Å². The third-order valence-corrected chi connectivity index (χ3v) is 7.06. The smallest absolute Gasteiger partial charge is 0.301 e. The Morgan fingerprint density at radius 3 is 2.66 bits per heavy atom. The SMILES string of the molecule is CN(C)c1nc(NC2CCC(CNC(=O)CSc3ncccc3[N+](=O)[O-])CC2)nc2ccccc12. The Balaban J connectivity index is 1.24. The van der Waals surface area contributed by atoms with Crippen molar-refractivity contribution in [2.45, 2.75) is 36.8 Å². The zero-order chi connectivity index (χ0) is 24.8. The van der Waals surface area contributed by atoms with Gasteiger partial charge in [-0.3, -0.25) is 14.9 Å². The fourth-order valence-electron chi connectivity index (χ4n) is 4.23. The number of para-hydroxylation sites is 1. The number of aromatic nitrogens is 3. The quantitative estimate of drug-likeness (QED) is 0.258. The summed E-state index contributed by atoms with van der Waals surface area (Å²) in [5.41, 5.74) is 0.836. The van der Waals surface area contributed by atoms with Crippen molar-refractivity contribution in [3.8, 4) is 0 Å². The van der Waals surface area contributed by atoms with Crippen molar-refractivity contribution in [2.24, 2.45) is 5.92 Å². The van der Waals surface area contributed by atoms with Gasteiger partial charge in [0, 0.05) is 44.3 Å². The average molecular weight is 496 g/mol. The molecule has 1 aliphatic rings. The molecule has 1 saturated carbocycles. The van der Waals surface area contributed by atoms with Crippen LogP contribution in [0.15, 0.2) is 47.6 Å². The summed E-state index contributed by atoms with van der Waals surface area (Å²) in [5, 5.41) is 18.8. The molecular formula is C24H29N7O3S. The van der Waals surface area contributed by atoms with Crippen molar-refractivity contribution in [2.75, 3.05) is 36.6 Å². The van der Waals surface area contributed by atoms with E-state index in [0.29, 0.717) is 24.5 Å². The van der Waals surface area contributed by atoms with Crippen LogP contribution in [0, 0.1) is 16.0 Å². The molecule has 1 amide bonds. The summed E-state index contributed by atoms with van der Waals surface area (Å²) < 4.78 is 0. The number of nitrogens with one attached hydrogen (secondary N) is 2. The Kier molecular flexibility index (Phi) is 7.96. The Labute approximate surface area is 208 Å². The van der Waals surface area contributed by atoms with Gasteiger partial charge in [-0.05, 0) is 49.8 Å². The largest absolute Gasteiger partial charge is 0.362 e. The van der Waals surface area contributed by atoms with Gasteiger partial charge in [-0.25, -0.2) is 9.97 Å². The monoisotopic (exact) mass is 495 g/mol. The number of nitrogens with zero attached hydrogens (tertiary/aromatic N) is 5. The molecule has 2 aromatic heterocycles. The molecular weight excluding hydrogens is 466 g/mol. The van der Waals surface area contributed by atoms with Gasteiger partial charge in [0.2, 0.25) is 11.9 Å². The Morgan fingerprint density at radius 1 is 1.14 bits per heavy atom. The number of benzene rings is 1. The lowest BCUT2D eigenvalue weighted by Crippen LogP contribution is -2.35. The molecule has 1 fully saturated rings. The van der Waals surface area contributed by atoms with E-state index < -0.39 is 4.92 Å². The van der Waals surface area contributed by atoms with Gasteiger partial charge in [0.05, 0.1) is 16.2 Å². The van der Waals surface area contributed by atoms with Crippen LogP contribution in [0.4, 0.5) is 17.5 Å². The average Bonchev–Trinajstić information content (AvgIpc) is 2.86. The lowest BCUT2D eigenvalue weighted by atomic mass is 9.86. The first-order chi connectivity index (χ1) is 16.9. The molecule has 1 aliphatic carbocycles. The molecule has 2 N–H and O–H groups in total. The van der Waals surface area contributed by atoms with Gasteiger partial charge in [0.1, 0.15) is 5.82 Å². The number of rotatable bonds is 9. The van der Waals surface area contributed by atoms with Crippen LogP contribution in [-0.2, 0) is 4.79 Å². The van der Waals surface area contributed by atoms with Crippen molar-refractivity contribution in [3.05, 3.63) is 52.7 Å². The normalized spacial score (nSPS) is 17.7. The van der Waals surface area contributed by atoms with Crippen molar-refractivity contribution in [1.82, 2.24) is 20.3 Å². The number of carbonyl (C=O) groups excluding carboxylic acids is 1. The van der Waals surface area contributed by atoms with Crippen molar-refractivity contribution >= 4 is 46.0 Å². The second kappa shape index (κ2) is 11.3. The predicted octanol–water partition coefficient (Wildman–Crippen LogP) is 3.88. The first kappa shape index (κ1) is 24.6. The second-order valence-corrected chi connectivity index (χ2v) is 9.79. The van der Waals surface area contributed by atoms with Gasteiger partial charge < -0.3 is 15.5 Å². The molecule has 2 heterocycles. The van der Waals surface area contributed by atoms with Crippen LogP contribution in [0.5, 0.6) is 0 Å². The number of thioether (sulfide) groups is 1. The highest BCUT2D eigenvalue weighted by molar-refractivity contribution is 8.00. The minimum Gasteiger partial charge on any atom is -0.362 e. The molecule has 0 bridgehead atoms. The minimum absolute atomic E-state index is 0.0794. The summed E-state index contributed by atoms with van der Waals surface area (Å²) >= 11 is 1.08. The Bertz CT molecular complexity index is 1200. The highest BCUT2D eigenvalue weighted by atomic mass is 32.2. The summed E-state index contributed by atoms with van der Waals surface area (Å²) in [6, 6.07) is 11.2. The standard InChI is InChI=1S/C24H29N7O3S/c1-30(2)22-18-6-3-4-7-19(18)28-24(29-22)27-17-11-9-16(10-12-17)14-26-21(32)15-35-23-20(31(33)34)8-5-13-25-23/h3-8,13,16-17H,9-12,14-15H2,1-2H3,(H,26,32)(H,27,28,29). The van der Waals surface area contributed by atoms with E-state index in [1.165, 1.54) is 18.3 Å². The molecule has 0 atom stereocenters. The zero-order valence-corrected chi connectivity index (χ0v) is 20.6. The number of hydrogen-bond acceptors (Lipinski definition) is 9. The van der Waals surface area contributed by atoms with Crippen molar-refractivity contribution in [3.63, 3.8) is 0 Å². The third-order valence-electron chi connectivity index (χ3n) is 6.06. The fourth-order valence-corrected chi connectivity index (χ4v) is 5.03. The van der Waals surface area contributed by atoms with E-state index in [1.807, 2.05) is 43.3 Å². The summed E-state index contributed by atoms with van der Waals surface area (Å²) in [4.78, 5) is 38.3. The van der Waals surface area contributed by atoms with Crippen LogP contribution in [0.25, 0.3) is 10.9 Å². The van der Waals surface area contributed by atoms with Crippen molar-refractivity contribution < 1.29 is 9.72 Å². The third kappa shape index (κ3) is 6.36. The highest BCUT2D eigenvalue weighted by Crippen LogP contribution is 2.29. The molecule has 35 heavy (non-hydrogen) atoms. The molecule has 0 spiro atoms. The van der Waals surface area contributed by atoms with E-state index >= 15 is 0 Å². The molecule has 0 radical (unpaired) electrons. The Hall–Kier alpha value is -3.47. The van der Waals surface area contributed by atoms with Gasteiger partial charge in [0.25, 0.3) is 0 Å². The van der Waals surface area contributed by atoms with Crippen LogP contribution < -0.4 is 15.5 Å². The van der Waals surface area contributed by atoms with E-state index in [-0.39, 0.29) is 22.4 Å². The maximum absolute atomic E-state index is 12.3. The number of amides is 1. The van der Waals surface area contributed by atoms with Gasteiger partial charge in [0.15, 0.2) is 5.03 Å². The zero-order valence-electron chi connectivity index (χ0n) is 19.8. The number of anilines is 2. The van der Waals surface area contributed by atoms with Gasteiger partial charge in [-0.1, -0.05) is 23.9 Å². The van der Waals surface area contributed by atoms with E-state index in [1.54, 1.807) is 0 Å². The lowest BCUT2D eigenvalue weighted by molar-refractivity contribution is -0.388. The number of hydrogen-bond donors (Lipinski definition) is 2. The number of nitro groups is 1. The predicted molar refractivity (Wildman–Crippen MR) is 138 cm³/mol. The molecule has 3 aromatic rings. The maximum atomic E-state index is 12.3. The van der Waals surface area contributed by atoms with E-state index in [9.17, 15) is 14.9 Å². The van der Waals surface area contributed by atoms with Gasteiger partial charge >= 0.3 is 5.69 Å². The fraction of sp³-hybridized carbons (Fsp3) is 0.417. The summed E-state index contributed by atoms with van der Waals surface area (Å²) in [6.07, 6.45) is 5.42. The number of pyridine rings is 1. The molecule has 11 heteroatoms. The number of fused-ring (bicyclic) bond motifs is 1. The highest BCUT2D eigenvalue weighted by Gasteiger charge is 2.23.